The second-order valence-corrected chi connectivity index (χ2v) is 5.85. The molecule has 0 radical (unpaired) electrons. The summed E-state index contributed by atoms with van der Waals surface area (Å²) in [6.07, 6.45) is 12.3. The SMILES string of the molecule is O=C(/C=C\C1C=CC(N2CCCOCC2)CN1)c1ccncc1. The van der Waals surface area contributed by atoms with Gasteiger partial charge >= 0.3 is 0 Å². The molecule has 1 N–H and O–H groups in total. The molecule has 3 heterocycles. The van der Waals surface area contributed by atoms with E-state index < -0.39 is 0 Å². The van der Waals surface area contributed by atoms with Crippen LogP contribution in [0, 0.1) is 0 Å². The normalized spacial score (nSPS) is 26.3. The molecular weight excluding hydrogens is 290 g/mol. The van der Waals surface area contributed by atoms with Crippen LogP contribution < -0.4 is 5.32 Å². The van der Waals surface area contributed by atoms with Gasteiger partial charge in [-0.05, 0) is 24.6 Å². The van der Waals surface area contributed by atoms with Gasteiger partial charge in [0.25, 0.3) is 0 Å². The fourth-order valence-electron chi connectivity index (χ4n) is 2.92. The van der Waals surface area contributed by atoms with Crippen LogP contribution in [-0.4, -0.2) is 60.6 Å². The average Bonchev–Trinajstić information content (AvgIpc) is 2.90. The maximum absolute atomic E-state index is 12.0. The van der Waals surface area contributed by atoms with Crippen molar-refractivity contribution in [2.45, 2.75) is 18.5 Å². The number of carbonyl (C=O) groups is 1. The molecule has 3 rings (SSSR count). The Morgan fingerprint density at radius 3 is 2.91 bits per heavy atom. The number of ketones is 1. The molecule has 1 saturated heterocycles. The van der Waals surface area contributed by atoms with E-state index in [-0.39, 0.29) is 11.8 Å². The summed E-state index contributed by atoms with van der Waals surface area (Å²) in [4.78, 5) is 18.4. The molecule has 2 aliphatic heterocycles. The number of carbonyl (C=O) groups excluding carboxylic acids is 1. The highest BCUT2D eigenvalue weighted by atomic mass is 16.5. The molecule has 5 nitrogen and oxygen atoms in total. The molecule has 0 aliphatic carbocycles. The maximum atomic E-state index is 12.0. The zero-order valence-corrected chi connectivity index (χ0v) is 13.2. The molecular formula is C18H23N3O2. The van der Waals surface area contributed by atoms with E-state index in [0.717, 1.165) is 39.3 Å². The Morgan fingerprint density at radius 2 is 2.13 bits per heavy atom. The van der Waals surface area contributed by atoms with Crippen molar-refractivity contribution in [3.8, 4) is 0 Å². The number of allylic oxidation sites excluding steroid dienone is 1. The first kappa shape index (κ1) is 16.1. The van der Waals surface area contributed by atoms with Crippen molar-refractivity contribution < 1.29 is 9.53 Å². The van der Waals surface area contributed by atoms with Crippen molar-refractivity contribution >= 4 is 5.78 Å². The number of nitrogens with zero attached hydrogens (tertiary/aromatic N) is 2. The number of nitrogens with one attached hydrogen (secondary N) is 1. The van der Waals surface area contributed by atoms with Gasteiger partial charge in [-0.2, -0.15) is 0 Å². The number of aromatic nitrogens is 1. The molecule has 1 fully saturated rings. The van der Waals surface area contributed by atoms with E-state index >= 15 is 0 Å². The summed E-state index contributed by atoms with van der Waals surface area (Å²) in [6.45, 7) is 4.64. The predicted molar refractivity (Wildman–Crippen MR) is 89.4 cm³/mol. The van der Waals surface area contributed by atoms with Gasteiger partial charge in [0.05, 0.1) is 6.61 Å². The lowest BCUT2D eigenvalue weighted by Gasteiger charge is -2.32. The second kappa shape index (κ2) is 8.15. The molecule has 0 amide bonds. The molecule has 0 bridgehead atoms. The zero-order chi connectivity index (χ0) is 15.9. The summed E-state index contributed by atoms with van der Waals surface area (Å²) in [6, 6.07) is 3.99. The molecule has 2 atom stereocenters. The minimum Gasteiger partial charge on any atom is -0.380 e. The highest BCUT2D eigenvalue weighted by Crippen LogP contribution is 2.11. The van der Waals surface area contributed by atoms with Gasteiger partial charge in [0.2, 0.25) is 0 Å². The van der Waals surface area contributed by atoms with E-state index in [1.165, 1.54) is 0 Å². The van der Waals surface area contributed by atoms with E-state index in [0.29, 0.717) is 11.6 Å². The van der Waals surface area contributed by atoms with Crippen LogP contribution in [0.15, 0.2) is 48.8 Å². The molecule has 1 aromatic heterocycles. The van der Waals surface area contributed by atoms with Crippen molar-refractivity contribution in [1.29, 1.82) is 0 Å². The summed E-state index contributed by atoms with van der Waals surface area (Å²) in [5.41, 5.74) is 0.665. The Hall–Kier alpha value is -1.82. The first-order chi connectivity index (χ1) is 11.3. The van der Waals surface area contributed by atoms with E-state index in [1.54, 1.807) is 30.6 Å². The van der Waals surface area contributed by atoms with Crippen molar-refractivity contribution in [1.82, 2.24) is 15.2 Å². The Labute approximate surface area is 137 Å². The fraction of sp³-hybridized carbons (Fsp3) is 0.444. The third kappa shape index (κ3) is 4.58. The Balaban J connectivity index is 1.54. The standard InChI is InChI=1S/C18H23N3O2/c22-18(15-6-8-19-9-7-15)5-3-16-2-4-17(14-20-16)21-10-1-12-23-13-11-21/h2-9,16-17,20H,1,10-14H2/b5-3-. The Kier molecular flexibility index (Phi) is 5.69. The van der Waals surface area contributed by atoms with Gasteiger partial charge in [-0.1, -0.05) is 18.2 Å². The fourth-order valence-corrected chi connectivity index (χ4v) is 2.92. The first-order valence-electron chi connectivity index (χ1n) is 8.19. The molecule has 0 aromatic carbocycles. The summed E-state index contributed by atoms with van der Waals surface area (Å²) in [7, 11) is 0. The van der Waals surface area contributed by atoms with Gasteiger partial charge in [-0.3, -0.25) is 14.7 Å². The average molecular weight is 313 g/mol. The highest BCUT2D eigenvalue weighted by molar-refractivity contribution is 6.04. The molecule has 122 valence electrons. The molecule has 23 heavy (non-hydrogen) atoms. The number of rotatable bonds is 4. The highest BCUT2D eigenvalue weighted by Gasteiger charge is 2.21. The summed E-state index contributed by atoms with van der Waals surface area (Å²) in [5.74, 6) is 0.00869. The second-order valence-electron chi connectivity index (χ2n) is 5.85. The lowest BCUT2D eigenvalue weighted by atomic mass is 10.1. The van der Waals surface area contributed by atoms with Crippen LogP contribution in [0.25, 0.3) is 0 Å². The smallest absolute Gasteiger partial charge is 0.185 e. The van der Waals surface area contributed by atoms with Crippen molar-refractivity contribution in [3.63, 3.8) is 0 Å². The third-order valence-electron chi connectivity index (χ3n) is 4.25. The van der Waals surface area contributed by atoms with Crippen LogP contribution >= 0.6 is 0 Å². The quantitative estimate of drug-likeness (QED) is 0.518. The molecule has 5 heteroatoms. The monoisotopic (exact) mass is 313 g/mol. The summed E-state index contributed by atoms with van der Waals surface area (Å²) >= 11 is 0. The van der Waals surface area contributed by atoms with Crippen LogP contribution in [0.3, 0.4) is 0 Å². The largest absolute Gasteiger partial charge is 0.380 e. The minimum absolute atomic E-state index is 0.00869. The number of pyridine rings is 1. The van der Waals surface area contributed by atoms with Gasteiger partial charge in [-0.25, -0.2) is 0 Å². The maximum Gasteiger partial charge on any atom is 0.185 e. The number of ether oxygens (including phenoxy) is 1. The lowest BCUT2D eigenvalue weighted by molar-refractivity contribution is 0.104. The Morgan fingerprint density at radius 1 is 1.26 bits per heavy atom. The van der Waals surface area contributed by atoms with Crippen molar-refractivity contribution in [3.05, 3.63) is 54.4 Å². The molecule has 0 spiro atoms. The van der Waals surface area contributed by atoms with E-state index in [2.05, 4.69) is 27.4 Å². The van der Waals surface area contributed by atoms with Crippen LogP contribution in [0.1, 0.15) is 16.8 Å². The summed E-state index contributed by atoms with van der Waals surface area (Å²) in [5, 5.41) is 3.47. The van der Waals surface area contributed by atoms with Crippen molar-refractivity contribution in [2.24, 2.45) is 0 Å². The van der Waals surface area contributed by atoms with Crippen molar-refractivity contribution in [2.75, 3.05) is 32.8 Å². The third-order valence-corrected chi connectivity index (χ3v) is 4.25. The van der Waals surface area contributed by atoms with Gasteiger partial charge < -0.3 is 10.1 Å². The molecule has 2 aliphatic rings. The van der Waals surface area contributed by atoms with E-state index in [4.69, 9.17) is 4.74 Å². The van der Waals surface area contributed by atoms with E-state index in [1.807, 2.05) is 6.08 Å². The topological polar surface area (TPSA) is 54.5 Å². The lowest BCUT2D eigenvalue weighted by Crippen LogP contribution is -2.47. The Bertz CT molecular complexity index is 563. The summed E-state index contributed by atoms with van der Waals surface area (Å²) < 4.78 is 5.50. The van der Waals surface area contributed by atoms with Crippen LogP contribution in [0.2, 0.25) is 0 Å². The minimum atomic E-state index is 0.00869. The van der Waals surface area contributed by atoms with Gasteiger partial charge in [0.15, 0.2) is 5.78 Å². The zero-order valence-electron chi connectivity index (χ0n) is 13.2. The van der Waals surface area contributed by atoms with Gasteiger partial charge in [0, 0.05) is 56.3 Å². The van der Waals surface area contributed by atoms with Crippen LogP contribution in [0.5, 0.6) is 0 Å². The van der Waals surface area contributed by atoms with E-state index in [9.17, 15) is 4.79 Å². The van der Waals surface area contributed by atoms with Gasteiger partial charge in [-0.15, -0.1) is 0 Å². The first-order valence-corrected chi connectivity index (χ1v) is 8.19. The number of hydrogen-bond acceptors (Lipinski definition) is 5. The van der Waals surface area contributed by atoms with Crippen LogP contribution in [-0.2, 0) is 4.74 Å². The predicted octanol–water partition coefficient (Wildman–Crippen LogP) is 1.44. The number of hydrogen-bond donors (Lipinski definition) is 1. The molecule has 1 aromatic rings. The van der Waals surface area contributed by atoms with Gasteiger partial charge in [0.1, 0.15) is 0 Å². The molecule has 2 unspecified atom stereocenters. The molecule has 0 saturated carbocycles. The van der Waals surface area contributed by atoms with Crippen LogP contribution in [0.4, 0.5) is 0 Å².